The molecule has 0 saturated carbocycles. The van der Waals surface area contributed by atoms with Gasteiger partial charge in [-0.2, -0.15) is 0 Å². The highest BCUT2D eigenvalue weighted by Gasteiger charge is 2.31. The zero-order chi connectivity index (χ0) is 103. The van der Waals surface area contributed by atoms with Crippen molar-refractivity contribution in [3.63, 3.8) is 0 Å². The van der Waals surface area contributed by atoms with Gasteiger partial charge in [0.1, 0.15) is 34.5 Å². The maximum absolute atomic E-state index is 14.5. The van der Waals surface area contributed by atoms with Crippen molar-refractivity contribution < 1.29 is 114 Å². The molecule has 0 amide bonds. The van der Waals surface area contributed by atoms with Gasteiger partial charge in [-0.1, -0.05) is 231 Å². The van der Waals surface area contributed by atoms with Crippen LogP contribution in [0.25, 0.3) is 79.8 Å². The van der Waals surface area contributed by atoms with Gasteiger partial charge < -0.3 is 81.0 Å². The molecule has 2 aliphatic heterocycles. The van der Waals surface area contributed by atoms with E-state index in [1.165, 1.54) is 64.0 Å². The maximum atomic E-state index is 14.5. The topological polar surface area (TPSA) is 349 Å². The molecular weight excluding hydrogens is 1830 g/mol. The number of unbranched alkanes of at least 4 members (excludes halogenated alkanes) is 42. The average Bonchev–Trinajstić information content (AvgIpc) is 1.58. The van der Waals surface area contributed by atoms with Gasteiger partial charge in [0.05, 0.1) is 160 Å². The minimum Gasteiger partial charge on any atom is -0.493 e. The highest BCUT2D eigenvalue weighted by atomic mass is 16.6. The number of carbonyl (C=O) groups is 9. The normalized spacial score (nSPS) is 11.4. The third-order valence-corrected chi connectivity index (χ3v) is 26.3. The van der Waals surface area contributed by atoms with E-state index >= 15 is 0 Å². The Morgan fingerprint density at radius 1 is 0.208 bits per heavy atom. The minimum atomic E-state index is -0.610. The first-order valence-corrected chi connectivity index (χ1v) is 53.5. The van der Waals surface area contributed by atoms with Crippen LogP contribution in [0.4, 0.5) is 0 Å². The summed E-state index contributed by atoms with van der Waals surface area (Å²) in [5.74, 6) is -0.885. The Morgan fingerprint density at radius 2 is 0.403 bits per heavy atom. The summed E-state index contributed by atoms with van der Waals surface area (Å²) in [7, 11) is 12.6. The average molecular weight is 2000 g/mol. The Hall–Kier alpha value is -11.7. The van der Waals surface area contributed by atoms with E-state index in [2.05, 4.69) is 9.97 Å². The number of nitrogens with zero attached hydrogens (tertiary/aromatic N) is 2. The van der Waals surface area contributed by atoms with Crippen LogP contribution in [0.5, 0.6) is 34.5 Å². The number of nitrogens with one attached hydrogen (secondary N) is 2. The van der Waals surface area contributed by atoms with Crippen LogP contribution in [-0.2, 0) is 71.4 Å². The number of ether oxygens (including phenoxy) is 15. The fourth-order valence-corrected chi connectivity index (χ4v) is 18.1. The number of H-pyrrole nitrogens is 2. The highest BCUT2D eigenvalue weighted by Crippen LogP contribution is 2.50. The molecular formula is C116H164N4O24. The van der Waals surface area contributed by atoms with Crippen molar-refractivity contribution in [2.45, 2.75) is 347 Å². The second-order valence-corrected chi connectivity index (χ2v) is 37.4. The van der Waals surface area contributed by atoms with E-state index in [1.807, 2.05) is 54.6 Å². The van der Waals surface area contributed by atoms with Gasteiger partial charge in [-0.3, -0.25) is 28.8 Å². The standard InChI is InChI=1S/C116H164N4O24/c1-130-102(121)58-46-34-22-10-16-28-40-52-72-139-96-78-85(114(127)136-7)79-97(140-73-53-41-29-17-11-23-35-47-59-103(122)131-2)111(96)108-90-66-64-88(117-90)84-89-65-67-91(118-89)109(112-98(141-74-54-42-30-18-12-24-36-48-60-104(123)132-3)80-86(115(128)137-8)81-99(112)142-75-55-43-31-19-13-25-37-49-61-105(124)133-4)93-69-71-95(120-93)110(94-70-68-92(108)119-94)113-100(143-76-56-44-32-20-14-26-38-50-62-106(125)134-5)82-87(116(129)138-9)83-101(113)144-77-57-45-33-21-15-27-39-51-63-107(126)135-6/h64-71,78-84,117,120H,10-63,72-77H2,1-9H3. The molecule has 0 atom stereocenters. The SMILES string of the molecule is COC(=O)CCCCCCCCCCOc1cc(C(=O)OC)cc(OCCCCCCCCCCC(=O)OC)c1-c1c2nc(c(-c3c(OCCCCCCCCCCC(=O)OC)cc(C(=O)OC)cc3OCCCCCCCCCCC(=O)OC)c3ccc([nH]3)c(-c3c(OCCCCCCCCCCC(=O)OC)cc(C(=O)OC)cc3OCCCCCCCCCCC(=O)OC)c3nc(cc4ccc1[nH]4)C=C3)C=C2. The number of hydrogen-bond acceptors (Lipinski definition) is 26. The van der Waals surface area contributed by atoms with Gasteiger partial charge in [-0.05, 0) is 168 Å². The summed E-state index contributed by atoms with van der Waals surface area (Å²) >= 11 is 0. The Labute approximate surface area is 854 Å². The Morgan fingerprint density at radius 3 is 0.625 bits per heavy atom. The van der Waals surface area contributed by atoms with Crippen LogP contribution in [0.3, 0.4) is 0 Å². The molecule has 8 bridgehead atoms. The third kappa shape index (κ3) is 42.5. The number of hydrogen-bond donors (Lipinski definition) is 2. The molecule has 2 aliphatic rings. The molecule has 792 valence electrons. The summed E-state index contributed by atoms with van der Waals surface area (Å²) in [4.78, 5) is 134. The van der Waals surface area contributed by atoms with Crippen LogP contribution in [0.1, 0.15) is 401 Å². The second kappa shape index (κ2) is 70.1. The fraction of sp³-hybridized carbons (Fsp3) is 0.595. The number of carbonyl (C=O) groups excluding carboxylic acids is 9. The van der Waals surface area contributed by atoms with Crippen LogP contribution >= 0.6 is 0 Å². The van der Waals surface area contributed by atoms with E-state index in [1.54, 1.807) is 36.4 Å². The van der Waals surface area contributed by atoms with Gasteiger partial charge in [-0.25, -0.2) is 24.4 Å². The minimum absolute atomic E-state index is 0.193. The largest absolute Gasteiger partial charge is 0.493 e. The Bertz CT molecular complexity index is 4840. The molecule has 6 aromatic rings. The van der Waals surface area contributed by atoms with Gasteiger partial charge in [0.25, 0.3) is 0 Å². The lowest BCUT2D eigenvalue weighted by Gasteiger charge is -2.20. The van der Waals surface area contributed by atoms with Crippen LogP contribution < -0.4 is 28.4 Å². The van der Waals surface area contributed by atoms with E-state index in [0.29, 0.717) is 190 Å². The second-order valence-electron chi connectivity index (χ2n) is 37.4. The summed E-state index contributed by atoms with van der Waals surface area (Å²) in [6.07, 6.45) is 53.6. The first kappa shape index (κ1) is 118. The van der Waals surface area contributed by atoms with Crippen molar-refractivity contribution in [1.29, 1.82) is 0 Å². The number of benzene rings is 3. The van der Waals surface area contributed by atoms with Crippen LogP contribution in [0.15, 0.2) is 66.7 Å². The number of methoxy groups -OCH3 is 9. The predicted molar refractivity (Wildman–Crippen MR) is 564 cm³/mol. The molecule has 0 fully saturated rings. The molecule has 0 radical (unpaired) electrons. The number of aromatic nitrogens is 4. The zero-order valence-corrected chi connectivity index (χ0v) is 87.8. The van der Waals surface area contributed by atoms with Gasteiger partial charge in [-0.15, -0.1) is 0 Å². The highest BCUT2D eigenvalue weighted by molar-refractivity contribution is 6.04. The predicted octanol–water partition coefficient (Wildman–Crippen LogP) is 27.4. The summed E-state index contributed by atoms with van der Waals surface area (Å²) in [6, 6.07) is 20.3. The lowest BCUT2D eigenvalue weighted by atomic mass is 9.98. The molecule has 28 heteroatoms. The molecule has 0 spiro atoms. The molecule has 0 saturated heterocycles. The van der Waals surface area contributed by atoms with E-state index in [-0.39, 0.29) is 92.1 Å². The van der Waals surface area contributed by atoms with Crippen LogP contribution in [0, 0.1) is 0 Å². The molecule has 0 aliphatic carbocycles. The zero-order valence-electron chi connectivity index (χ0n) is 87.8. The summed E-state index contributed by atoms with van der Waals surface area (Å²) < 4.78 is 88.8. The van der Waals surface area contributed by atoms with Crippen molar-refractivity contribution in [3.05, 3.63) is 106 Å². The molecule has 8 rings (SSSR count). The number of rotatable bonds is 78. The first-order valence-electron chi connectivity index (χ1n) is 53.5. The number of aromatic amines is 2. The van der Waals surface area contributed by atoms with Gasteiger partial charge in [0.2, 0.25) is 0 Å². The van der Waals surface area contributed by atoms with E-state index < -0.39 is 17.9 Å². The van der Waals surface area contributed by atoms with E-state index in [0.717, 1.165) is 270 Å². The molecule has 3 aromatic heterocycles. The first-order chi connectivity index (χ1) is 70.4. The number of esters is 9. The third-order valence-electron chi connectivity index (χ3n) is 26.3. The van der Waals surface area contributed by atoms with Crippen molar-refractivity contribution in [1.82, 2.24) is 19.9 Å². The lowest BCUT2D eigenvalue weighted by molar-refractivity contribution is -0.141. The summed E-state index contributed by atoms with van der Waals surface area (Å²) in [6.45, 7) is 1.61. The van der Waals surface area contributed by atoms with E-state index in [9.17, 15) is 43.2 Å². The Balaban J connectivity index is 1.39. The molecule has 0 unspecified atom stereocenters. The van der Waals surface area contributed by atoms with Crippen molar-refractivity contribution >= 4 is 100 Å². The van der Waals surface area contributed by atoms with Crippen LogP contribution in [0.2, 0.25) is 0 Å². The molecule has 3 aromatic carbocycles. The molecule has 2 N–H and O–H groups in total. The molecule has 144 heavy (non-hydrogen) atoms. The fourth-order valence-electron chi connectivity index (χ4n) is 18.1. The summed E-state index contributed by atoms with van der Waals surface area (Å²) in [5, 5.41) is 0. The number of fused-ring (bicyclic) bond motifs is 8. The van der Waals surface area contributed by atoms with Crippen molar-refractivity contribution in [2.24, 2.45) is 0 Å². The maximum Gasteiger partial charge on any atom is 0.338 e. The van der Waals surface area contributed by atoms with Gasteiger partial charge >= 0.3 is 53.7 Å². The van der Waals surface area contributed by atoms with E-state index in [4.69, 9.17) is 81.0 Å². The van der Waals surface area contributed by atoms with Crippen molar-refractivity contribution in [3.8, 4) is 67.9 Å². The molecule has 28 nitrogen and oxygen atoms in total. The van der Waals surface area contributed by atoms with Crippen molar-refractivity contribution in [2.75, 3.05) is 104 Å². The lowest BCUT2D eigenvalue weighted by Crippen LogP contribution is -2.08. The van der Waals surface area contributed by atoms with Crippen LogP contribution in [-0.4, -0.2) is 177 Å². The smallest absolute Gasteiger partial charge is 0.338 e. The van der Waals surface area contributed by atoms with Gasteiger partial charge in [0, 0.05) is 77.3 Å². The Kier molecular flexibility index (Phi) is 57.2. The van der Waals surface area contributed by atoms with Gasteiger partial charge in [0.15, 0.2) is 0 Å². The quantitative estimate of drug-likeness (QED) is 0.0203. The monoisotopic (exact) mass is 2000 g/mol. The molecule has 5 heterocycles. The summed E-state index contributed by atoms with van der Waals surface area (Å²) in [5.41, 5.74) is 8.27.